The quantitative estimate of drug-likeness (QED) is 0.880. The highest BCUT2D eigenvalue weighted by Gasteiger charge is 2.16. The van der Waals surface area contributed by atoms with Crippen molar-refractivity contribution < 1.29 is 4.74 Å². The highest BCUT2D eigenvalue weighted by atomic mass is 16.5. The van der Waals surface area contributed by atoms with Gasteiger partial charge in [-0.25, -0.2) is 4.98 Å². The van der Waals surface area contributed by atoms with E-state index in [4.69, 9.17) is 4.74 Å². The lowest BCUT2D eigenvalue weighted by atomic mass is 10.1. The van der Waals surface area contributed by atoms with Gasteiger partial charge in [0.15, 0.2) is 0 Å². The van der Waals surface area contributed by atoms with Crippen LogP contribution in [0, 0.1) is 6.92 Å². The van der Waals surface area contributed by atoms with Gasteiger partial charge in [-0.2, -0.15) is 0 Å². The number of aryl methyl sites for hydroxylation is 2. The Morgan fingerprint density at radius 2 is 2.41 bits per heavy atom. The minimum Gasteiger partial charge on any atom is -0.378 e. The second kappa shape index (κ2) is 4.49. The summed E-state index contributed by atoms with van der Waals surface area (Å²) in [5.74, 6) is 1.09. The first-order valence-corrected chi connectivity index (χ1v) is 6.39. The zero-order valence-electron chi connectivity index (χ0n) is 10.2. The van der Waals surface area contributed by atoms with Gasteiger partial charge in [0.2, 0.25) is 0 Å². The molecule has 0 saturated carbocycles. The smallest absolute Gasteiger partial charge is 0.107 e. The second-order valence-electron chi connectivity index (χ2n) is 4.83. The number of aromatic amines is 1. The highest BCUT2D eigenvalue weighted by molar-refractivity contribution is 5.78. The van der Waals surface area contributed by atoms with Crippen LogP contribution in [0.5, 0.6) is 0 Å². The molecule has 1 unspecified atom stereocenters. The third-order valence-electron chi connectivity index (χ3n) is 3.49. The summed E-state index contributed by atoms with van der Waals surface area (Å²) in [7, 11) is 0. The molecule has 3 rings (SSSR count). The molecular formula is C14H18N2O. The Hall–Kier alpha value is -1.35. The normalized spacial score (nSPS) is 20.2. The zero-order chi connectivity index (χ0) is 11.7. The second-order valence-corrected chi connectivity index (χ2v) is 4.83. The summed E-state index contributed by atoms with van der Waals surface area (Å²) in [5, 5.41) is 0. The lowest BCUT2D eigenvalue weighted by Crippen LogP contribution is -2.06. The summed E-state index contributed by atoms with van der Waals surface area (Å²) in [5.41, 5.74) is 3.49. The predicted octanol–water partition coefficient (Wildman–Crippen LogP) is 2.98. The standard InChI is InChI=1S/C14H18N2O/c1-10-4-2-6-12-14(10)16-13(15-12)8-7-11-5-3-9-17-11/h2,4,6,11H,3,5,7-9H2,1H3,(H,15,16). The molecule has 1 aromatic heterocycles. The first kappa shape index (κ1) is 10.8. The lowest BCUT2D eigenvalue weighted by Gasteiger charge is -2.06. The summed E-state index contributed by atoms with van der Waals surface area (Å²) >= 11 is 0. The maximum absolute atomic E-state index is 5.63. The van der Waals surface area contributed by atoms with Crippen molar-refractivity contribution >= 4 is 11.0 Å². The van der Waals surface area contributed by atoms with E-state index in [9.17, 15) is 0 Å². The monoisotopic (exact) mass is 230 g/mol. The summed E-state index contributed by atoms with van der Waals surface area (Å²) in [6.07, 6.45) is 4.94. The van der Waals surface area contributed by atoms with Crippen LogP contribution >= 0.6 is 0 Å². The van der Waals surface area contributed by atoms with Crippen molar-refractivity contribution in [2.45, 2.75) is 38.7 Å². The third kappa shape index (κ3) is 2.20. The molecule has 1 N–H and O–H groups in total. The van der Waals surface area contributed by atoms with Crippen LogP contribution in [0.25, 0.3) is 11.0 Å². The van der Waals surface area contributed by atoms with Crippen LogP contribution in [0.2, 0.25) is 0 Å². The predicted molar refractivity (Wildman–Crippen MR) is 68.1 cm³/mol. The number of H-pyrrole nitrogens is 1. The summed E-state index contributed by atoms with van der Waals surface area (Å²) in [4.78, 5) is 8.06. The maximum Gasteiger partial charge on any atom is 0.107 e. The van der Waals surface area contributed by atoms with Gasteiger partial charge in [0.05, 0.1) is 17.1 Å². The van der Waals surface area contributed by atoms with E-state index < -0.39 is 0 Å². The van der Waals surface area contributed by atoms with Crippen LogP contribution in [0.1, 0.15) is 30.7 Å². The number of para-hydroxylation sites is 1. The molecule has 0 radical (unpaired) electrons. The van der Waals surface area contributed by atoms with E-state index in [-0.39, 0.29) is 0 Å². The molecule has 0 bridgehead atoms. The van der Waals surface area contributed by atoms with Gasteiger partial charge in [-0.1, -0.05) is 12.1 Å². The van der Waals surface area contributed by atoms with Crippen molar-refractivity contribution in [2.75, 3.05) is 6.61 Å². The Labute approximate surface area is 101 Å². The van der Waals surface area contributed by atoms with Crippen LogP contribution < -0.4 is 0 Å². The molecule has 1 aromatic carbocycles. The fraction of sp³-hybridized carbons (Fsp3) is 0.500. The molecule has 2 aromatic rings. The van der Waals surface area contributed by atoms with Gasteiger partial charge < -0.3 is 9.72 Å². The SMILES string of the molecule is Cc1cccc2[nH]c(CCC3CCCO3)nc12. The summed E-state index contributed by atoms with van der Waals surface area (Å²) in [6, 6.07) is 6.26. The lowest BCUT2D eigenvalue weighted by molar-refractivity contribution is 0.104. The van der Waals surface area contributed by atoms with Gasteiger partial charge in [0, 0.05) is 13.0 Å². The molecule has 0 aliphatic carbocycles. The number of benzene rings is 1. The number of rotatable bonds is 3. The molecule has 1 aliphatic rings. The van der Waals surface area contributed by atoms with Gasteiger partial charge in [-0.05, 0) is 37.8 Å². The van der Waals surface area contributed by atoms with Crippen molar-refractivity contribution in [3.63, 3.8) is 0 Å². The molecule has 3 nitrogen and oxygen atoms in total. The number of nitrogens with zero attached hydrogens (tertiary/aromatic N) is 1. The topological polar surface area (TPSA) is 37.9 Å². The van der Waals surface area contributed by atoms with Crippen molar-refractivity contribution in [3.8, 4) is 0 Å². The van der Waals surface area contributed by atoms with E-state index in [0.717, 1.165) is 36.3 Å². The van der Waals surface area contributed by atoms with E-state index in [1.54, 1.807) is 0 Å². The first-order chi connectivity index (χ1) is 8.33. The highest BCUT2D eigenvalue weighted by Crippen LogP contribution is 2.19. The van der Waals surface area contributed by atoms with E-state index in [1.165, 1.54) is 18.4 Å². The minimum absolute atomic E-state index is 0.448. The largest absolute Gasteiger partial charge is 0.378 e. The van der Waals surface area contributed by atoms with Crippen LogP contribution in [0.3, 0.4) is 0 Å². The van der Waals surface area contributed by atoms with Crippen molar-refractivity contribution in [3.05, 3.63) is 29.6 Å². The van der Waals surface area contributed by atoms with E-state index in [0.29, 0.717) is 6.10 Å². The summed E-state index contributed by atoms with van der Waals surface area (Å²) < 4.78 is 5.63. The van der Waals surface area contributed by atoms with Crippen LogP contribution in [-0.2, 0) is 11.2 Å². The van der Waals surface area contributed by atoms with Gasteiger partial charge in [0.1, 0.15) is 5.82 Å². The van der Waals surface area contributed by atoms with Gasteiger partial charge in [-0.3, -0.25) is 0 Å². The summed E-state index contributed by atoms with van der Waals surface area (Å²) in [6.45, 7) is 3.04. The zero-order valence-corrected chi connectivity index (χ0v) is 10.2. The average molecular weight is 230 g/mol. The molecule has 1 saturated heterocycles. The third-order valence-corrected chi connectivity index (χ3v) is 3.49. The Balaban J connectivity index is 1.74. The van der Waals surface area contributed by atoms with Gasteiger partial charge >= 0.3 is 0 Å². The molecule has 1 atom stereocenters. The molecule has 0 spiro atoms. The minimum atomic E-state index is 0.448. The van der Waals surface area contributed by atoms with Crippen LogP contribution in [0.15, 0.2) is 18.2 Å². The van der Waals surface area contributed by atoms with Crippen LogP contribution in [0.4, 0.5) is 0 Å². The van der Waals surface area contributed by atoms with Crippen molar-refractivity contribution in [1.82, 2.24) is 9.97 Å². The van der Waals surface area contributed by atoms with E-state index >= 15 is 0 Å². The van der Waals surface area contributed by atoms with E-state index in [2.05, 4.69) is 35.1 Å². The number of hydrogen-bond donors (Lipinski definition) is 1. The number of nitrogens with one attached hydrogen (secondary N) is 1. The molecular weight excluding hydrogens is 212 g/mol. The number of fused-ring (bicyclic) bond motifs is 1. The Morgan fingerprint density at radius 3 is 3.18 bits per heavy atom. The average Bonchev–Trinajstić information content (AvgIpc) is 2.95. The fourth-order valence-electron chi connectivity index (χ4n) is 2.51. The molecule has 90 valence electrons. The Morgan fingerprint density at radius 1 is 1.47 bits per heavy atom. The Bertz CT molecular complexity index is 512. The van der Waals surface area contributed by atoms with Crippen LogP contribution in [-0.4, -0.2) is 22.7 Å². The molecule has 2 heterocycles. The molecule has 17 heavy (non-hydrogen) atoms. The molecule has 0 amide bonds. The van der Waals surface area contributed by atoms with Crippen molar-refractivity contribution in [1.29, 1.82) is 0 Å². The van der Waals surface area contributed by atoms with Gasteiger partial charge in [0.25, 0.3) is 0 Å². The van der Waals surface area contributed by atoms with Crippen molar-refractivity contribution in [2.24, 2.45) is 0 Å². The number of hydrogen-bond acceptors (Lipinski definition) is 2. The molecule has 1 aliphatic heterocycles. The van der Waals surface area contributed by atoms with E-state index in [1.807, 2.05) is 0 Å². The maximum atomic E-state index is 5.63. The number of aromatic nitrogens is 2. The Kier molecular flexibility index (Phi) is 2.85. The number of ether oxygens (including phenoxy) is 1. The molecule has 3 heteroatoms. The molecule has 1 fully saturated rings. The number of imidazole rings is 1. The fourth-order valence-corrected chi connectivity index (χ4v) is 2.51. The van der Waals surface area contributed by atoms with Gasteiger partial charge in [-0.15, -0.1) is 0 Å². The first-order valence-electron chi connectivity index (χ1n) is 6.39.